The zero-order valence-corrected chi connectivity index (χ0v) is 14.1. The van der Waals surface area contributed by atoms with Crippen LogP contribution in [0.1, 0.15) is 18.4 Å². The second-order valence-corrected chi connectivity index (χ2v) is 8.61. The molecule has 0 unspecified atom stereocenters. The molecule has 4 nitrogen and oxygen atoms in total. The molecule has 1 saturated carbocycles. The zero-order chi connectivity index (χ0) is 15.0. The van der Waals surface area contributed by atoms with Crippen molar-refractivity contribution >= 4 is 50.6 Å². The van der Waals surface area contributed by atoms with E-state index in [0.29, 0.717) is 12.1 Å². The molecular formula is C12H15ClN2O2S3. The molecule has 1 fully saturated rings. The van der Waals surface area contributed by atoms with Crippen LogP contribution in [-0.4, -0.2) is 31.0 Å². The summed E-state index contributed by atoms with van der Waals surface area (Å²) >= 11 is 12.5. The summed E-state index contributed by atoms with van der Waals surface area (Å²) in [5, 5.41) is 0.242. The molecule has 0 radical (unpaired) electrons. The second-order valence-electron chi connectivity index (χ2n) is 4.72. The third kappa shape index (κ3) is 3.46. The predicted octanol–water partition coefficient (Wildman–Crippen LogP) is 2.15. The van der Waals surface area contributed by atoms with E-state index in [1.165, 1.54) is 18.2 Å². The Labute approximate surface area is 133 Å². The molecule has 8 heteroatoms. The molecule has 1 aliphatic carbocycles. The SMILES string of the molecule is CSC1(CNS(=O)(=O)c2ccc(C(N)=S)c(Cl)c2)CC1. The van der Waals surface area contributed by atoms with E-state index in [0.717, 1.165) is 12.8 Å². The number of halogens is 1. The van der Waals surface area contributed by atoms with Crippen molar-refractivity contribution in [2.45, 2.75) is 22.5 Å². The smallest absolute Gasteiger partial charge is 0.240 e. The molecule has 1 aliphatic rings. The highest BCUT2D eigenvalue weighted by Gasteiger charge is 2.42. The molecule has 110 valence electrons. The maximum Gasteiger partial charge on any atom is 0.240 e. The molecule has 0 aliphatic heterocycles. The van der Waals surface area contributed by atoms with Crippen LogP contribution in [0.25, 0.3) is 0 Å². The van der Waals surface area contributed by atoms with E-state index < -0.39 is 10.0 Å². The van der Waals surface area contributed by atoms with Gasteiger partial charge in [-0.15, -0.1) is 0 Å². The van der Waals surface area contributed by atoms with Crippen LogP contribution in [0.2, 0.25) is 5.02 Å². The molecule has 0 aromatic heterocycles. The number of thioether (sulfide) groups is 1. The first-order chi connectivity index (χ1) is 9.30. The third-order valence-electron chi connectivity index (χ3n) is 3.34. The predicted molar refractivity (Wildman–Crippen MR) is 88.0 cm³/mol. The molecule has 1 aromatic rings. The Hall–Kier alpha value is -0.340. The summed E-state index contributed by atoms with van der Waals surface area (Å²) in [5.74, 6) is 0. The van der Waals surface area contributed by atoms with Crippen molar-refractivity contribution in [3.8, 4) is 0 Å². The van der Waals surface area contributed by atoms with Crippen molar-refractivity contribution in [2.24, 2.45) is 5.73 Å². The lowest BCUT2D eigenvalue weighted by Crippen LogP contribution is -2.31. The van der Waals surface area contributed by atoms with Gasteiger partial charge in [-0.25, -0.2) is 13.1 Å². The van der Waals surface area contributed by atoms with Crippen LogP contribution in [0.4, 0.5) is 0 Å². The first-order valence-corrected chi connectivity index (χ1v) is 9.43. The van der Waals surface area contributed by atoms with Gasteiger partial charge >= 0.3 is 0 Å². The fourth-order valence-corrected chi connectivity index (χ4v) is 4.32. The van der Waals surface area contributed by atoms with Gasteiger partial charge in [0.25, 0.3) is 0 Å². The molecule has 0 saturated heterocycles. The summed E-state index contributed by atoms with van der Waals surface area (Å²) in [7, 11) is -3.56. The van der Waals surface area contributed by atoms with Crippen LogP contribution in [0.3, 0.4) is 0 Å². The third-order valence-corrected chi connectivity index (χ3v) is 6.69. The van der Waals surface area contributed by atoms with Crippen LogP contribution in [-0.2, 0) is 10.0 Å². The number of hydrogen-bond donors (Lipinski definition) is 2. The van der Waals surface area contributed by atoms with E-state index in [1.807, 2.05) is 6.26 Å². The fourth-order valence-electron chi connectivity index (χ4n) is 1.77. The Kier molecular flexibility index (Phi) is 4.66. The van der Waals surface area contributed by atoms with Gasteiger partial charge in [0.05, 0.1) is 9.92 Å². The molecule has 20 heavy (non-hydrogen) atoms. The Balaban J connectivity index is 2.17. The largest absolute Gasteiger partial charge is 0.389 e. The maximum atomic E-state index is 12.2. The monoisotopic (exact) mass is 350 g/mol. The first kappa shape index (κ1) is 16.0. The molecule has 0 amide bonds. The molecule has 0 atom stereocenters. The lowest BCUT2D eigenvalue weighted by molar-refractivity contribution is 0.580. The lowest BCUT2D eigenvalue weighted by atomic mass is 10.2. The molecule has 2 rings (SSSR count). The minimum Gasteiger partial charge on any atom is -0.389 e. The number of thiocarbonyl (C=S) groups is 1. The summed E-state index contributed by atoms with van der Waals surface area (Å²) in [5.41, 5.74) is 5.97. The van der Waals surface area contributed by atoms with Gasteiger partial charge in [0.1, 0.15) is 4.99 Å². The van der Waals surface area contributed by atoms with E-state index >= 15 is 0 Å². The fraction of sp³-hybridized carbons (Fsp3) is 0.417. The van der Waals surface area contributed by atoms with Gasteiger partial charge in [-0.05, 0) is 37.3 Å². The Morgan fingerprint density at radius 3 is 2.65 bits per heavy atom. The first-order valence-electron chi connectivity index (χ1n) is 5.94. The lowest BCUT2D eigenvalue weighted by Gasteiger charge is -2.14. The average Bonchev–Trinajstić information content (AvgIpc) is 3.16. The van der Waals surface area contributed by atoms with E-state index in [1.54, 1.807) is 11.8 Å². The van der Waals surface area contributed by atoms with Gasteiger partial charge in [-0.3, -0.25) is 0 Å². The van der Waals surface area contributed by atoms with Gasteiger partial charge in [0.15, 0.2) is 0 Å². The second kappa shape index (κ2) is 5.81. The quantitative estimate of drug-likeness (QED) is 0.769. The number of nitrogens with two attached hydrogens (primary N) is 1. The van der Waals surface area contributed by atoms with Crippen LogP contribution < -0.4 is 10.5 Å². The zero-order valence-electron chi connectivity index (χ0n) is 10.8. The summed E-state index contributed by atoms with van der Waals surface area (Å²) in [4.78, 5) is 0.269. The summed E-state index contributed by atoms with van der Waals surface area (Å²) in [6, 6.07) is 4.36. The standard InChI is InChI=1S/C12H15ClN2O2S3/c1-19-12(4-5-12)7-15-20(16,17)8-2-3-9(11(14)18)10(13)6-8/h2-3,6,15H,4-5,7H2,1H3,(H2,14,18). The van der Waals surface area contributed by atoms with Gasteiger partial charge < -0.3 is 5.73 Å². The summed E-state index contributed by atoms with van der Waals surface area (Å²) in [6.07, 6.45) is 4.07. The normalized spacial score (nSPS) is 16.9. The highest BCUT2D eigenvalue weighted by molar-refractivity contribution is 8.00. The van der Waals surface area contributed by atoms with E-state index in [2.05, 4.69) is 4.72 Å². The van der Waals surface area contributed by atoms with Gasteiger partial charge in [-0.2, -0.15) is 11.8 Å². The summed E-state index contributed by atoms with van der Waals surface area (Å²) in [6.45, 7) is 0.436. The molecule has 0 heterocycles. The average molecular weight is 351 g/mol. The summed E-state index contributed by atoms with van der Waals surface area (Å²) < 4.78 is 27.1. The number of benzene rings is 1. The Bertz CT molecular complexity index is 642. The molecule has 0 spiro atoms. The minimum atomic E-state index is -3.56. The van der Waals surface area contributed by atoms with Crippen LogP contribution >= 0.6 is 35.6 Å². The Morgan fingerprint density at radius 2 is 2.20 bits per heavy atom. The van der Waals surface area contributed by atoms with E-state index in [-0.39, 0.29) is 19.7 Å². The van der Waals surface area contributed by atoms with Crippen molar-refractivity contribution in [2.75, 3.05) is 12.8 Å². The van der Waals surface area contributed by atoms with Crippen molar-refractivity contribution in [3.05, 3.63) is 28.8 Å². The van der Waals surface area contributed by atoms with Crippen molar-refractivity contribution in [3.63, 3.8) is 0 Å². The van der Waals surface area contributed by atoms with Crippen LogP contribution in [0.5, 0.6) is 0 Å². The topological polar surface area (TPSA) is 72.2 Å². The number of nitrogens with one attached hydrogen (secondary N) is 1. The number of hydrogen-bond acceptors (Lipinski definition) is 4. The number of rotatable bonds is 6. The molecular weight excluding hydrogens is 336 g/mol. The van der Waals surface area contributed by atoms with Crippen molar-refractivity contribution in [1.29, 1.82) is 0 Å². The van der Waals surface area contributed by atoms with E-state index in [9.17, 15) is 8.42 Å². The number of sulfonamides is 1. The molecule has 1 aromatic carbocycles. The molecule has 3 N–H and O–H groups in total. The maximum absolute atomic E-state index is 12.2. The van der Waals surface area contributed by atoms with Gasteiger partial charge in [0, 0.05) is 16.9 Å². The van der Waals surface area contributed by atoms with Crippen LogP contribution in [0.15, 0.2) is 23.1 Å². The minimum absolute atomic E-state index is 0.0651. The van der Waals surface area contributed by atoms with Gasteiger partial charge in [0.2, 0.25) is 10.0 Å². The highest BCUT2D eigenvalue weighted by atomic mass is 35.5. The van der Waals surface area contributed by atoms with Crippen molar-refractivity contribution < 1.29 is 8.42 Å². The molecule has 0 bridgehead atoms. The van der Waals surface area contributed by atoms with Crippen LogP contribution in [0, 0.1) is 0 Å². The Morgan fingerprint density at radius 1 is 1.55 bits per heavy atom. The van der Waals surface area contributed by atoms with E-state index in [4.69, 9.17) is 29.6 Å². The van der Waals surface area contributed by atoms with Gasteiger partial charge in [-0.1, -0.05) is 23.8 Å². The van der Waals surface area contributed by atoms with Crippen molar-refractivity contribution in [1.82, 2.24) is 4.72 Å². The highest BCUT2D eigenvalue weighted by Crippen LogP contribution is 2.46.